The van der Waals surface area contributed by atoms with Crippen LogP contribution in [0.25, 0.3) is 0 Å². The molecule has 0 unspecified atom stereocenters. The lowest BCUT2D eigenvalue weighted by Gasteiger charge is -2.38. The van der Waals surface area contributed by atoms with Crippen molar-refractivity contribution in [2.45, 2.75) is 31.6 Å². The van der Waals surface area contributed by atoms with Crippen molar-refractivity contribution in [2.24, 2.45) is 0 Å². The van der Waals surface area contributed by atoms with Gasteiger partial charge in [-0.1, -0.05) is 60.7 Å². The summed E-state index contributed by atoms with van der Waals surface area (Å²) >= 11 is 0. The molecule has 1 amide bonds. The first kappa shape index (κ1) is 25.8. The molecule has 0 aliphatic carbocycles. The van der Waals surface area contributed by atoms with E-state index in [1.165, 1.54) is 5.56 Å². The van der Waals surface area contributed by atoms with Crippen LogP contribution in [0.3, 0.4) is 0 Å². The van der Waals surface area contributed by atoms with Crippen molar-refractivity contribution >= 4 is 11.6 Å². The first-order valence-corrected chi connectivity index (χ1v) is 13.3. The average Bonchev–Trinajstić information content (AvgIpc) is 3.38. The van der Waals surface area contributed by atoms with Crippen LogP contribution in [-0.4, -0.2) is 67.6 Å². The first-order valence-electron chi connectivity index (χ1n) is 13.3. The van der Waals surface area contributed by atoms with Crippen molar-refractivity contribution in [1.29, 1.82) is 5.26 Å². The smallest absolute Gasteiger partial charge is 0.240 e. The Bertz CT molecular complexity index is 1270. The fourth-order valence-corrected chi connectivity index (χ4v) is 5.63. The Morgan fingerprint density at radius 1 is 0.974 bits per heavy atom. The Balaban J connectivity index is 1.25. The zero-order valence-electron chi connectivity index (χ0n) is 21.9. The number of amides is 1. The zero-order chi connectivity index (χ0) is 26.3. The van der Waals surface area contributed by atoms with Crippen molar-refractivity contribution in [3.63, 3.8) is 0 Å². The van der Waals surface area contributed by atoms with E-state index in [0.29, 0.717) is 25.2 Å². The van der Waals surface area contributed by atoms with E-state index in [9.17, 15) is 10.1 Å². The third-order valence-electron chi connectivity index (χ3n) is 7.65. The number of methoxy groups -OCH3 is 1. The molecule has 3 aromatic rings. The number of carbonyl (C=O) groups is 1. The second kappa shape index (κ2) is 12.1. The summed E-state index contributed by atoms with van der Waals surface area (Å²) in [5.41, 5.74) is 3.97. The quantitative estimate of drug-likeness (QED) is 0.500. The molecule has 0 spiro atoms. The van der Waals surface area contributed by atoms with Gasteiger partial charge in [0.05, 0.1) is 24.4 Å². The topological polar surface area (TPSA) is 71.8 Å². The highest BCUT2D eigenvalue weighted by Crippen LogP contribution is 2.26. The van der Waals surface area contributed by atoms with Gasteiger partial charge < -0.3 is 19.9 Å². The zero-order valence-corrected chi connectivity index (χ0v) is 21.9. The maximum Gasteiger partial charge on any atom is 0.240 e. The van der Waals surface area contributed by atoms with E-state index in [1.807, 2.05) is 53.4 Å². The number of benzene rings is 3. The summed E-state index contributed by atoms with van der Waals surface area (Å²) in [5, 5.41) is 13.2. The number of carbonyl (C=O) groups excluding carboxylic acids is 1. The van der Waals surface area contributed by atoms with Gasteiger partial charge >= 0.3 is 0 Å². The molecule has 2 fully saturated rings. The van der Waals surface area contributed by atoms with E-state index in [4.69, 9.17) is 4.74 Å². The minimum absolute atomic E-state index is 0.164. The normalized spacial score (nSPS) is 19.8. The van der Waals surface area contributed by atoms with E-state index in [0.717, 1.165) is 49.6 Å². The van der Waals surface area contributed by atoms with Gasteiger partial charge in [0.1, 0.15) is 11.8 Å². The number of hydrogen-bond acceptors (Lipinski definition) is 6. The maximum atomic E-state index is 13.9. The van der Waals surface area contributed by atoms with Crippen LogP contribution in [0.15, 0.2) is 78.9 Å². The highest BCUT2D eigenvalue weighted by atomic mass is 16.5. The van der Waals surface area contributed by atoms with Gasteiger partial charge in [-0.05, 0) is 30.2 Å². The summed E-state index contributed by atoms with van der Waals surface area (Å²) in [5.74, 6) is 1.08. The fraction of sp³-hybridized carbons (Fsp3) is 0.355. The molecule has 3 aromatic carbocycles. The van der Waals surface area contributed by atoms with E-state index in [-0.39, 0.29) is 18.0 Å². The van der Waals surface area contributed by atoms with Crippen LogP contribution in [0.1, 0.15) is 23.1 Å². The number of para-hydroxylation sites is 2. The van der Waals surface area contributed by atoms with E-state index in [1.54, 1.807) is 7.11 Å². The van der Waals surface area contributed by atoms with Crippen LogP contribution < -0.4 is 15.0 Å². The first-order chi connectivity index (χ1) is 18.7. The molecule has 0 radical (unpaired) electrons. The highest BCUT2D eigenvalue weighted by molar-refractivity contribution is 5.82. The minimum Gasteiger partial charge on any atom is -0.496 e. The fourth-order valence-electron chi connectivity index (χ4n) is 5.63. The second-order valence-corrected chi connectivity index (χ2v) is 10.00. The Morgan fingerprint density at radius 2 is 1.68 bits per heavy atom. The predicted octanol–water partition coefficient (Wildman–Crippen LogP) is 3.65. The highest BCUT2D eigenvalue weighted by Gasteiger charge is 2.39. The van der Waals surface area contributed by atoms with Crippen molar-refractivity contribution in [3.8, 4) is 11.8 Å². The van der Waals surface area contributed by atoms with Gasteiger partial charge in [0.2, 0.25) is 5.91 Å². The molecule has 2 heterocycles. The molecule has 38 heavy (non-hydrogen) atoms. The summed E-state index contributed by atoms with van der Waals surface area (Å²) in [6.07, 6.45) is 0.776. The molecule has 7 nitrogen and oxygen atoms in total. The Labute approximate surface area is 225 Å². The Hall–Kier alpha value is -3.86. The molecular weight excluding hydrogens is 474 g/mol. The summed E-state index contributed by atoms with van der Waals surface area (Å²) in [6.45, 7) is 5.04. The average molecular weight is 510 g/mol. The summed E-state index contributed by atoms with van der Waals surface area (Å²) in [6, 6.07) is 28.5. The van der Waals surface area contributed by atoms with Gasteiger partial charge in [-0.15, -0.1) is 0 Å². The predicted molar refractivity (Wildman–Crippen MR) is 149 cm³/mol. The lowest BCUT2D eigenvalue weighted by atomic mass is 10.1. The van der Waals surface area contributed by atoms with Crippen LogP contribution in [0, 0.1) is 11.3 Å². The molecule has 2 aliphatic heterocycles. The van der Waals surface area contributed by atoms with Crippen molar-refractivity contribution in [2.75, 3.05) is 44.7 Å². The number of likely N-dealkylation sites (tertiary alicyclic amines) is 1. The molecule has 5 rings (SSSR count). The number of hydrogen-bond donors (Lipinski definition) is 1. The van der Waals surface area contributed by atoms with Crippen molar-refractivity contribution in [3.05, 3.63) is 95.6 Å². The van der Waals surface area contributed by atoms with E-state index in [2.05, 4.69) is 51.5 Å². The lowest BCUT2D eigenvalue weighted by molar-refractivity contribution is -0.136. The SMILES string of the molecule is COc1ccccc1CN[C@H]1C[C@@H](C(=O)N2CCN(c3ccccc3C#N)CC2)N(Cc2ccccc2)C1. The van der Waals surface area contributed by atoms with E-state index < -0.39 is 0 Å². The molecule has 2 aliphatic rings. The van der Waals surface area contributed by atoms with Crippen molar-refractivity contribution in [1.82, 2.24) is 15.1 Å². The molecule has 0 saturated carbocycles. The van der Waals surface area contributed by atoms with Gasteiger partial charge in [-0.25, -0.2) is 0 Å². The van der Waals surface area contributed by atoms with Gasteiger partial charge in [-0.2, -0.15) is 5.26 Å². The molecule has 196 valence electrons. The molecule has 0 aromatic heterocycles. The summed E-state index contributed by atoms with van der Waals surface area (Å²) in [4.78, 5) is 20.4. The number of ether oxygens (including phenoxy) is 1. The van der Waals surface area contributed by atoms with Crippen LogP contribution in [0.5, 0.6) is 5.75 Å². The van der Waals surface area contributed by atoms with Crippen LogP contribution >= 0.6 is 0 Å². The number of piperazine rings is 1. The molecular formula is C31H35N5O2. The Morgan fingerprint density at radius 3 is 2.45 bits per heavy atom. The standard InChI is InChI=1S/C31H35N5O2/c1-38-30-14-8-6-12-26(30)21-33-27-19-29(36(23-27)22-24-9-3-2-4-10-24)31(37)35-17-15-34(16-18-35)28-13-7-5-11-25(28)20-32/h2-14,27,29,33H,15-19,21-23H2,1H3/t27-,29-/m0/s1. The summed E-state index contributed by atoms with van der Waals surface area (Å²) < 4.78 is 5.52. The third-order valence-corrected chi connectivity index (χ3v) is 7.65. The molecule has 7 heteroatoms. The van der Waals surface area contributed by atoms with Crippen LogP contribution in [-0.2, 0) is 17.9 Å². The molecule has 2 saturated heterocycles. The second-order valence-electron chi connectivity index (χ2n) is 10.00. The molecule has 1 N–H and O–H groups in total. The maximum absolute atomic E-state index is 13.9. The molecule has 2 atom stereocenters. The number of rotatable bonds is 8. The van der Waals surface area contributed by atoms with Gasteiger partial charge in [-0.3, -0.25) is 9.69 Å². The largest absolute Gasteiger partial charge is 0.496 e. The molecule has 0 bridgehead atoms. The Kier molecular flexibility index (Phi) is 8.22. The minimum atomic E-state index is -0.164. The van der Waals surface area contributed by atoms with Gasteiger partial charge in [0.15, 0.2) is 0 Å². The number of nitrogens with zero attached hydrogens (tertiary/aromatic N) is 4. The van der Waals surface area contributed by atoms with Crippen molar-refractivity contribution < 1.29 is 9.53 Å². The lowest BCUT2D eigenvalue weighted by Crippen LogP contribution is -2.53. The van der Waals surface area contributed by atoms with Crippen LogP contribution in [0.4, 0.5) is 5.69 Å². The number of anilines is 1. The monoisotopic (exact) mass is 509 g/mol. The van der Waals surface area contributed by atoms with Gasteiger partial charge in [0, 0.05) is 57.4 Å². The summed E-state index contributed by atoms with van der Waals surface area (Å²) in [7, 11) is 1.70. The van der Waals surface area contributed by atoms with E-state index >= 15 is 0 Å². The van der Waals surface area contributed by atoms with Crippen LogP contribution in [0.2, 0.25) is 0 Å². The number of nitrogens with one attached hydrogen (secondary N) is 1. The third kappa shape index (κ3) is 5.83. The number of nitriles is 1. The van der Waals surface area contributed by atoms with Gasteiger partial charge in [0.25, 0.3) is 0 Å².